The third-order valence-corrected chi connectivity index (χ3v) is 4.65. The Morgan fingerprint density at radius 2 is 2.20 bits per heavy atom. The summed E-state index contributed by atoms with van der Waals surface area (Å²) in [5.41, 5.74) is -0.0693. The summed E-state index contributed by atoms with van der Waals surface area (Å²) in [6.07, 6.45) is 2.96. The summed E-state index contributed by atoms with van der Waals surface area (Å²) >= 11 is 5.82. The van der Waals surface area contributed by atoms with E-state index in [2.05, 4.69) is 0 Å². The number of nitro groups is 1. The molecular formula is C14H16ClNO4. The molecule has 0 aliphatic heterocycles. The normalized spacial score (nSPS) is 18.1. The topological polar surface area (TPSA) is 80.4 Å². The van der Waals surface area contributed by atoms with E-state index < -0.39 is 16.3 Å². The number of carboxylic acid groups (broad SMARTS) is 1. The molecule has 108 valence electrons. The van der Waals surface area contributed by atoms with Crippen LogP contribution in [0.15, 0.2) is 18.2 Å². The van der Waals surface area contributed by atoms with Gasteiger partial charge >= 0.3 is 5.97 Å². The number of nitro benzene ring substituents is 1. The fourth-order valence-electron chi connectivity index (χ4n) is 2.85. The van der Waals surface area contributed by atoms with Crippen LogP contribution in [0.2, 0.25) is 5.02 Å². The fourth-order valence-corrected chi connectivity index (χ4v) is 3.04. The molecule has 6 heteroatoms. The minimum atomic E-state index is -0.892. The number of halogens is 1. The first-order valence-corrected chi connectivity index (χ1v) is 6.88. The Balaban J connectivity index is 2.45. The number of carbonyl (C=O) groups is 1. The molecule has 0 spiro atoms. The number of hydrogen-bond donors (Lipinski definition) is 1. The second-order valence-electron chi connectivity index (χ2n) is 5.54. The SMILES string of the molecule is CC(CC(=O)O)(c1ccc(Cl)c([N+](=O)[O-])c1)C1CCC1. The third kappa shape index (κ3) is 2.63. The number of benzene rings is 1. The zero-order valence-electron chi connectivity index (χ0n) is 11.1. The lowest BCUT2D eigenvalue weighted by molar-refractivity contribution is -0.384. The van der Waals surface area contributed by atoms with Crippen molar-refractivity contribution in [3.8, 4) is 0 Å². The van der Waals surface area contributed by atoms with Crippen molar-refractivity contribution in [2.24, 2.45) is 5.92 Å². The summed E-state index contributed by atoms with van der Waals surface area (Å²) in [7, 11) is 0. The second kappa shape index (κ2) is 5.40. The second-order valence-corrected chi connectivity index (χ2v) is 5.95. The maximum Gasteiger partial charge on any atom is 0.304 e. The van der Waals surface area contributed by atoms with Gasteiger partial charge in [0.05, 0.1) is 11.3 Å². The van der Waals surface area contributed by atoms with E-state index in [9.17, 15) is 14.9 Å². The van der Waals surface area contributed by atoms with Gasteiger partial charge in [0.25, 0.3) is 5.69 Å². The van der Waals surface area contributed by atoms with E-state index in [1.807, 2.05) is 6.92 Å². The summed E-state index contributed by atoms with van der Waals surface area (Å²) < 4.78 is 0. The van der Waals surface area contributed by atoms with Crippen LogP contribution in [-0.4, -0.2) is 16.0 Å². The molecule has 0 aromatic heterocycles. The number of aliphatic carboxylic acids is 1. The van der Waals surface area contributed by atoms with Crippen LogP contribution in [0.5, 0.6) is 0 Å². The van der Waals surface area contributed by atoms with Gasteiger partial charge in [0.15, 0.2) is 0 Å². The predicted octanol–water partition coefficient (Wildman–Crippen LogP) is 3.78. The molecule has 0 amide bonds. The van der Waals surface area contributed by atoms with Crippen LogP contribution in [0.4, 0.5) is 5.69 Å². The number of hydrogen-bond acceptors (Lipinski definition) is 3. The van der Waals surface area contributed by atoms with Gasteiger partial charge in [-0.05, 0) is 30.4 Å². The van der Waals surface area contributed by atoms with Gasteiger partial charge in [-0.2, -0.15) is 0 Å². The van der Waals surface area contributed by atoms with Crippen molar-refractivity contribution < 1.29 is 14.8 Å². The van der Waals surface area contributed by atoms with Crippen LogP contribution in [0.3, 0.4) is 0 Å². The Morgan fingerprint density at radius 3 is 2.65 bits per heavy atom. The molecule has 1 unspecified atom stereocenters. The summed E-state index contributed by atoms with van der Waals surface area (Å²) in [4.78, 5) is 21.6. The highest BCUT2D eigenvalue weighted by Crippen LogP contribution is 2.47. The molecule has 1 aliphatic carbocycles. The average molecular weight is 298 g/mol. The fraction of sp³-hybridized carbons (Fsp3) is 0.500. The molecule has 2 rings (SSSR count). The zero-order chi connectivity index (χ0) is 14.9. The van der Waals surface area contributed by atoms with Gasteiger partial charge in [-0.3, -0.25) is 14.9 Å². The summed E-state index contributed by atoms with van der Waals surface area (Å²) in [5, 5.41) is 20.2. The quantitative estimate of drug-likeness (QED) is 0.662. The number of nitrogens with zero attached hydrogens (tertiary/aromatic N) is 1. The molecule has 1 aromatic rings. The lowest BCUT2D eigenvalue weighted by Crippen LogP contribution is -2.38. The van der Waals surface area contributed by atoms with E-state index in [0.29, 0.717) is 5.56 Å². The molecular weight excluding hydrogens is 282 g/mol. The third-order valence-electron chi connectivity index (χ3n) is 4.33. The van der Waals surface area contributed by atoms with Gasteiger partial charge in [-0.15, -0.1) is 0 Å². The molecule has 20 heavy (non-hydrogen) atoms. The van der Waals surface area contributed by atoms with E-state index in [4.69, 9.17) is 16.7 Å². The molecule has 1 N–H and O–H groups in total. The molecule has 0 heterocycles. The maximum atomic E-state index is 11.2. The van der Waals surface area contributed by atoms with Crippen LogP contribution < -0.4 is 0 Å². The van der Waals surface area contributed by atoms with Crippen molar-refractivity contribution in [2.75, 3.05) is 0 Å². The summed E-state index contributed by atoms with van der Waals surface area (Å²) in [5.74, 6) is -0.642. The van der Waals surface area contributed by atoms with Gasteiger partial charge in [-0.25, -0.2) is 0 Å². The van der Waals surface area contributed by atoms with E-state index in [1.54, 1.807) is 6.07 Å². The van der Waals surface area contributed by atoms with Gasteiger partial charge in [-0.1, -0.05) is 31.0 Å². The maximum absolute atomic E-state index is 11.2. The van der Waals surface area contributed by atoms with Crippen LogP contribution in [0, 0.1) is 16.0 Å². The molecule has 0 radical (unpaired) electrons. The first-order chi connectivity index (χ1) is 9.34. The highest BCUT2D eigenvalue weighted by molar-refractivity contribution is 6.32. The van der Waals surface area contributed by atoms with Crippen molar-refractivity contribution in [1.29, 1.82) is 0 Å². The van der Waals surface area contributed by atoms with Crippen molar-refractivity contribution in [3.63, 3.8) is 0 Å². The largest absolute Gasteiger partial charge is 0.481 e. The number of rotatable bonds is 5. The average Bonchev–Trinajstić information content (AvgIpc) is 2.24. The van der Waals surface area contributed by atoms with Gasteiger partial charge in [0, 0.05) is 11.5 Å². The van der Waals surface area contributed by atoms with Crippen molar-refractivity contribution in [2.45, 2.75) is 38.0 Å². The van der Waals surface area contributed by atoms with Gasteiger partial charge < -0.3 is 5.11 Å². The molecule has 1 saturated carbocycles. The van der Waals surface area contributed by atoms with Gasteiger partial charge in [0.1, 0.15) is 5.02 Å². The monoisotopic (exact) mass is 297 g/mol. The van der Waals surface area contributed by atoms with Crippen molar-refractivity contribution in [3.05, 3.63) is 38.9 Å². The standard InChI is InChI=1S/C14H16ClNO4/c1-14(8-13(17)18,9-3-2-4-9)10-5-6-11(15)12(7-10)16(19)20/h5-7,9H,2-4,8H2,1H3,(H,17,18). The lowest BCUT2D eigenvalue weighted by Gasteiger charge is -2.42. The molecule has 1 aliphatic rings. The first-order valence-electron chi connectivity index (χ1n) is 6.51. The van der Waals surface area contributed by atoms with E-state index >= 15 is 0 Å². The Morgan fingerprint density at radius 1 is 1.55 bits per heavy atom. The van der Waals surface area contributed by atoms with Crippen LogP contribution in [-0.2, 0) is 10.2 Å². The van der Waals surface area contributed by atoms with E-state index in [1.165, 1.54) is 12.1 Å². The van der Waals surface area contributed by atoms with Crippen molar-refractivity contribution >= 4 is 23.3 Å². The Kier molecular flexibility index (Phi) is 3.99. The highest BCUT2D eigenvalue weighted by atomic mass is 35.5. The Labute approximate surface area is 121 Å². The smallest absolute Gasteiger partial charge is 0.304 e. The van der Waals surface area contributed by atoms with Crippen LogP contribution in [0.1, 0.15) is 38.2 Å². The zero-order valence-corrected chi connectivity index (χ0v) is 11.9. The minimum Gasteiger partial charge on any atom is -0.481 e. The minimum absolute atomic E-state index is 0.0313. The van der Waals surface area contributed by atoms with E-state index in [-0.39, 0.29) is 23.0 Å². The molecule has 1 fully saturated rings. The van der Waals surface area contributed by atoms with Gasteiger partial charge in [0.2, 0.25) is 0 Å². The number of carboxylic acids is 1. The molecule has 0 bridgehead atoms. The summed E-state index contributed by atoms with van der Waals surface area (Å²) in [6, 6.07) is 4.61. The van der Waals surface area contributed by atoms with E-state index in [0.717, 1.165) is 19.3 Å². The molecule has 0 saturated heterocycles. The Bertz CT molecular complexity index is 556. The predicted molar refractivity (Wildman–Crippen MR) is 75.1 cm³/mol. The van der Waals surface area contributed by atoms with Crippen LogP contribution >= 0.6 is 11.6 Å². The first kappa shape index (κ1) is 14.8. The molecule has 5 nitrogen and oxygen atoms in total. The molecule has 1 atom stereocenters. The highest BCUT2D eigenvalue weighted by Gasteiger charge is 2.41. The lowest BCUT2D eigenvalue weighted by atomic mass is 9.61. The summed E-state index contributed by atoms with van der Waals surface area (Å²) in [6.45, 7) is 1.87. The molecule has 1 aromatic carbocycles. The Hall–Kier alpha value is -1.62. The van der Waals surface area contributed by atoms with Crippen LogP contribution in [0.25, 0.3) is 0 Å². The van der Waals surface area contributed by atoms with Crippen molar-refractivity contribution in [1.82, 2.24) is 0 Å².